The monoisotopic (exact) mass is 500 g/mol. The molecule has 4 aromatic rings. The Kier molecular flexibility index (Phi) is 5.01. The molecule has 1 amide bonds. The topological polar surface area (TPSA) is 100 Å². The van der Waals surface area contributed by atoms with Crippen LogP contribution in [0.3, 0.4) is 0 Å². The summed E-state index contributed by atoms with van der Waals surface area (Å²) < 4.78 is 15.5. The number of methoxy groups -OCH3 is 2. The summed E-state index contributed by atoms with van der Waals surface area (Å²) in [5.74, 6) is 3.12. The van der Waals surface area contributed by atoms with Crippen LogP contribution >= 0.6 is 0 Å². The van der Waals surface area contributed by atoms with Crippen LogP contribution in [0.1, 0.15) is 36.0 Å². The third-order valence-electron chi connectivity index (χ3n) is 8.61. The molecule has 3 aliphatic rings. The van der Waals surface area contributed by atoms with Crippen LogP contribution < -0.4 is 15.2 Å². The molecule has 192 valence electrons. The van der Waals surface area contributed by atoms with Crippen LogP contribution in [-0.2, 0) is 13.6 Å². The van der Waals surface area contributed by atoms with E-state index in [9.17, 15) is 4.79 Å². The summed E-state index contributed by atoms with van der Waals surface area (Å²) in [6.45, 7) is 1.62. The average molecular weight is 501 g/mol. The maximum absolute atomic E-state index is 13.6. The number of fused-ring (bicyclic) bond motifs is 4. The number of nitrogens with two attached hydrogens (primary N) is 1. The normalized spacial score (nSPS) is 22.9. The molecule has 4 heterocycles. The first-order valence-corrected chi connectivity index (χ1v) is 13.1. The van der Waals surface area contributed by atoms with Crippen LogP contribution in [0.25, 0.3) is 33.6 Å². The molecule has 7 rings (SSSR count). The van der Waals surface area contributed by atoms with Gasteiger partial charge in [-0.3, -0.25) is 4.79 Å². The van der Waals surface area contributed by atoms with Gasteiger partial charge in [0.05, 0.1) is 25.4 Å². The second kappa shape index (κ2) is 8.21. The third-order valence-corrected chi connectivity index (χ3v) is 8.61. The van der Waals surface area contributed by atoms with Crippen molar-refractivity contribution in [2.75, 3.05) is 20.8 Å². The number of ether oxygens (including phenoxy) is 2. The Hall–Kier alpha value is -3.59. The zero-order valence-electron chi connectivity index (χ0n) is 21.5. The van der Waals surface area contributed by atoms with E-state index in [-0.39, 0.29) is 18.0 Å². The summed E-state index contributed by atoms with van der Waals surface area (Å²) in [5.41, 5.74) is 10.5. The van der Waals surface area contributed by atoms with E-state index >= 15 is 0 Å². The number of imidazole rings is 1. The lowest BCUT2D eigenvalue weighted by Gasteiger charge is -2.27. The van der Waals surface area contributed by atoms with Crippen molar-refractivity contribution in [2.45, 2.75) is 44.3 Å². The van der Waals surface area contributed by atoms with Crippen LogP contribution in [0.4, 0.5) is 0 Å². The van der Waals surface area contributed by atoms with Gasteiger partial charge in [-0.15, -0.1) is 0 Å². The van der Waals surface area contributed by atoms with Crippen LogP contribution in [-0.4, -0.2) is 62.8 Å². The van der Waals surface area contributed by atoms with E-state index < -0.39 is 0 Å². The molecule has 0 unspecified atom stereocenters. The van der Waals surface area contributed by atoms with E-state index in [1.807, 2.05) is 36.2 Å². The standard InChI is InChI=1S/C28H32N6O3/c1-32-25-19(10-18(12-22(25)36-2)28(35)34-14-17-6-8-20(34)24(17)29)30-27(32)21-11-16-7-9-23(37-3)31-26(16)33(21)13-15-4-5-15/h7,9-12,15,17,20,24H,4-6,8,13-14,29H2,1-3H3/t17-,20-,24-/m1/s1. The minimum atomic E-state index is 0.00851. The highest BCUT2D eigenvalue weighted by Crippen LogP contribution is 2.40. The quantitative estimate of drug-likeness (QED) is 0.434. The molecule has 9 heteroatoms. The van der Waals surface area contributed by atoms with Crippen molar-refractivity contribution in [1.82, 2.24) is 24.0 Å². The molecule has 1 aromatic carbocycles. The van der Waals surface area contributed by atoms with E-state index in [0.717, 1.165) is 59.5 Å². The van der Waals surface area contributed by atoms with Gasteiger partial charge in [0.15, 0.2) is 5.82 Å². The molecule has 1 aliphatic heterocycles. The smallest absolute Gasteiger partial charge is 0.254 e. The van der Waals surface area contributed by atoms with E-state index in [4.69, 9.17) is 25.2 Å². The number of nitrogens with zero attached hydrogens (tertiary/aromatic N) is 5. The molecule has 0 spiro atoms. The summed E-state index contributed by atoms with van der Waals surface area (Å²) in [5, 5.41) is 1.05. The summed E-state index contributed by atoms with van der Waals surface area (Å²) in [4.78, 5) is 25.3. The number of aromatic nitrogens is 4. The van der Waals surface area contributed by atoms with E-state index in [0.29, 0.717) is 29.0 Å². The van der Waals surface area contributed by atoms with Gasteiger partial charge >= 0.3 is 0 Å². The molecule has 2 aliphatic carbocycles. The highest BCUT2D eigenvalue weighted by Gasteiger charge is 2.47. The summed E-state index contributed by atoms with van der Waals surface area (Å²) in [7, 11) is 5.28. The minimum Gasteiger partial charge on any atom is -0.494 e. The molecule has 3 aromatic heterocycles. The summed E-state index contributed by atoms with van der Waals surface area (Å²) >= 11 is 0. The molecule has 2 bridgehead atoms. The molecule has 9 nitrogen and oxygen atoms in total. The van der Waals surface area contributed by atoms with E-state index in [1.54, 1.807) is 14.2 Å². The molecular weight excluding hydrogens is 468 g/mol. The molecule has 37 heavy (non-hydrogen) atoms. The Morgan fingerprint density at radius 3 is 2.59 bits per heavy atom. The SMILES string of the molecule is COc1ccc2cc(-c3nc4cc(C(=O)N5C[C@H]6CC[C@@H]5[C@@H]6N)cc(OC)c4n3C)n(CC3CC3)c2n1. The number of hydrogen-bond donors (Lipinski definition) is 1. The van der Waals surface area contributed by atoms with Crippen molar-refractivity contribution in [3.63, 3.8) is 0 Å². The molecular formula is C28H32N6O3. The molecule has 3 fully saturated rings. The van der Waals surface area contributed by atoms with Crippen molar-refractivity contribution in [3.8, 4) is 23.1 Å². The van der Waals surface area contributed by atoms with Gasteiger partial charge in [0.25, 0.3) is 5.91 Å². The number of hydrogen-bond acceptors (Lipinski definition) is 6. The summed E-state index contributed by atoms with van der Waals surface area (Å²) in [6.07, 6.45) is 4.55. The van der Waals surface area contributed by atoms with Crippen LogP contribution in [0.5, 0.6) is 11.6 Å². The van der Waals surface area contributed by atoms with Gasteiger partial charge in [-0.1, -0.05) is 0 Å². The number of likely N-dealkylation sites (tertiary alicyclic amines) is 1. The molecule has 0 radical (unpaired) electrons. The summed E-state index contributed by atoms with van der Waals surface area (Å²) in [6, 6.07) is 10.0. The van der Waals surface area contributed by atoms with Crippen LogP contribution in [0, 0.1) is 11.8 Å². The van der Waals surface area contributed by atoms with Gasteiger partial charge in [-0.25, -0.2) is 4.98 Å². The number of aryl methyl sites for hydroxylation is 1. The number of amides is 1. The predicted molar refractivity (Wildman–Crippen MR) is 141 cm³/mol. The highest BCUT2D eigenvalue weighted by molar-refractivity contribution is 6.00. The Morgan fingerprint density at radius 2 is 1.92 bits per heavy atom. The fraction of sp³-hybridized carbons (Fsp3) is 0.464. The van der Waals surface area contributed by atoms with Crippen LogP contribution in [0.2, 0.25) is 0 Å². The molecule has 1 saturated heterocycles. The first-order chi connectivity index (χ1) is 18.0. The van der Waals surface area contributed by atoms with Crippen molar-refractivity contribution >= 4 is 28.0 Å². The van der Waals surface area contributed by atoms with Crippen molar-refractivity contribution in [1.29, 1.82) is 0 Å². The zero-order valence-corrected chi connectivity index (χ0v) is 21.5. The van der Waals surface area contributed by atoms with Crippen LogP contribution in [0.15, 0.2) is 30.3 Å². The number of benzene rings is 1. The van der Waals surface area contributed by atoms with E-state index in [2.05, 4.69) is 15.2 Å². The van der Waals surface area contributed by atoms with Gasteiger partial charge in [0.2, 0.25) is 5.88 Å². The Balaban J connectivity index is 1.35. The lowest BCUT2D eigenvalue weighted by molar-refractivity contribution is 0.0700. The number of rotatable bonds is 6. The number of pyridine rings is 1. The van der Waals surface area contributed by atoms with Gasteiger partial charge < -0.3 is 29.2 Å². The minimum absolute atomic E-state index is 0.00851. The Morgan fingerprint density at radius 1 is 1.08 bits per heavy atom. The Labute approximate surface area is 215 Å². The van der Waals surface area contributed by atoms with Gasteiger partial charge in [-0.2, -0.15) is 4.98 Å². The predicted octanol–water partition coefficient (Wildman–Crippen LogP) is 3.58. The lowest BCUT2D eigenvalue weighted by atomic mass is 10.1. The lowest BCUT2D eigenvalue weighted by Crippen LogP contribution is -2.41. The molecule has 2 N–H and O–H groups in total. The van der Waals surface area contributed by atoms with Gasteiger partial charge in [0, 0.05) is 49.2 Å². The van der Waals surface area contributed by atoms with Crippen molar-refractivity contribution in [3.05, 3.63) is 35.9 Å². The zero-order chi connectivity index (χ0) is 25.4. The van der Waals surface area contributed by atoms with Crippen molar-refractivity contribution in [2.24, 2.45) is 24.6 Å². The van der Waals surface area contributed by atoms with Gasteiger partial charge in [-0.05, 0) is 61.8 Å². The number of carbonyl (C=O) groups is 1. The van der Waals surface area contributed by atoms with Gasteiger partial charge in [0.1, 0.15) is 16.9 Å². The number of piperidine rings is 1. The molecule has 3 atom stereocenters. The first kappa shape index (κ1) is 22.6. The fourth-order valence-corrected chi connectivity index (χ4v) is 6.42. The third kappa shape index (κ3) is 3.43. The average Bonchev–Trinajstić information content (AvgIpc) is 3.32. The molecule has 2 saturated carbocycles. The van der Waals surface area contributed by atoms with Crippen molar-refractivity contribution < 1.29 is 14.3 Å². The number of carbonyl (C=O) groups excluding carboxylic acids is 1. The Bertz CT molecular complexity index is 1550. The second-order valence-corrected chi connectivity index (χ2v) is 10.8. The first-order valence-electron chi connectivity index (χ1n) is 13.1. The van der Waals surface area contributed by atoms with E-state index in [1.165, 1.54) is 12.8 Å². The maximum Gasteiger partial charge on any atom is 0.254 e. The second-order valence-electron chi connectivity index (χ2n) is 10.8. The highest BCUT2D eigenvalue weighted by atomic mass is 16.5. The largest absolute Gasteiger partial charge is 0.494 e. The maximum atomic E-state index is 13.6. The fourth-order valence-electron chi connectivity index (χ4n) is 6.42.